The molecule has 0 aliphatic heterocycles. The van der Waals surface area contributed by atoms with Crippen molar-refractivity contribution in [2.45, 2.75) is 19.9 Å². The molecular weight excluding hydrogens is 468 g/mol. The highest BCUT2D eigenvalue weighted by Gasteiger charge is 2.11. The summed E-state index contributed by atoms with van der Waals surface area (Å²) in [6.07, 6.45) is 0.286. The number of aromatic amines is 1. The van der Waals surface area contributed by atoms with Crippen molar-refractivity contribution in [2.24, 2.45) is 0 Å². The van der Waals surface area contributed by atoms with Gasteiger partial charge in [-0.1, -0.05) is 22.0 Å². The Morgan fingerprint density at radius 2 is 2.00 bits per heavy atom. The lowest BCUT2D eigenvalue weighted by Gasteiger charge is -2.10. The van der Waals surface area contributed by atoms with Gasteiger partial charge in [-0.2, -0.15) is 5.10 Å². The van der Waals surface area contributed by atoms with Crippen molar-refractivity contribution in [1.82, 2.24) is 20.1 Å². The van der Waals surface area contributed by atoms with Gasteiger partial charge in [0, 0.05) is 23.0 Å². The molecule has 2 N–H and O–H groups in total. The molecule has 0 saturated carbocycles. The third-order valence-electron chi connectivity index (χ3n) is 4.23. The average Bonchev–Trinajstić information content (AvgIpc) is 3.11. The van der Waals surface area contributed by atoms with E-state index in [2.05, 4.69) is 31.4 Å². The second-order valence-electron chi connectivity index (χ2n) is 6.37. The van der Waals surface area contributed by atoms with Gasteiger partial charge >= 0.3 is 0 Å². The number of amides is 1. The molecule has 0 fully saturated rings. The van der Waals surface area contributed by atoms with E-state index in [9.17, 15) is 4.79 Å². The fourth-order valence-electron chi connectivity index (χ4n) is 2.83. The maximum Gasteiger partial charge on any atom is 0.221 e. The van der Waals surface area contributed by atoms with E-state index in [0.29, 0.717) is 36.9 Å². The number of hydrogen-bond donors (Lipinski definition) is 2. The van der Waals surface area contributed by atoms with Crippen LogP contribution in [0.25, 0.3) is 11.4 Å². The van der Waals surface area contributed by atoms with E-state index in [1.165, 1.54) is 0 Å². The van der Waals surface area contributed by atoms with Crippen LogP contribution in [0.5, 0.6) is 11.5 Å². The minimum absolute atomic E-state index is 0.0754. The van der Waals surface area contributed by atoms with Crippen LogP contribution in [0, 0.1) is 4.77 Å². The standard InChI is InChI=1S/C21H23BrN4O3S/c1-2-28-17-8-6-15(7-9-17)20-24-25-21(30)26(20)12-10-19(27)23-11-13-29-18-5-3-4-16(22)14-18/h3-9,14H,2,10-13H2,1H3,(H,23,27)(H,25,30). The number of halogens is 1. The molecule has 1 heterocycles. The Hall–Kier alpha value is -2.65. The Balaban J connectivity index is 1.50. The molecule has 0 spiro atoms. The average molecular weight is 491 g/mol. The highest BCUT2D eigenvalue weighted by atomic mass is 79.9. The molecule has 30 heavy (non-hydrogen) atoms. The number of nitrogens with one attached hydrogen (secondary N) is 2. The van der Waals surface area contributed by atoms with Crippen LogP contribution in [0.3, 0.4) is 0 Å². The second-order valence-corrected chi connectivity index (χ2v) is 7.67. The zero-order valence-corrected chi connectivity index (χ0v) is 19.0. The van der Waals surface area contributed by atoms with Crippen LogP contribution >= 0.6 is 28.1 Å². The van der Waals surface area contributed by atoms with Crippen molar-refractivity contribution in [1.29, 1.82) is 0 Å². The van der Waals surface area contributed by atoms with Gasteiger partial charge in [-0.25, -0.2) is 0 Å². The first-order chi connectivity index (χ1) is 14.6. The molecule has 0 aliphatic carbocycles. The fourth-order valence-corrected chi connectivity index (χ4v) is 3.43. The Morgan fingerprint density at radius 1 is 1.20 bits per heavy atom. The highest BCUT2D eigenvalue weighted by molar-refractivity contribution is 9.10. The van der Waals surface area contributed by atoms with Gasteiger partial charge in [0.05, 0.1) is 13.2 Å². The Bertz CT molecular complexity index is 1030. The number of benzene rings is 2. The van der Waals surface area contributed by atoms with Gasteiger partial charge < -0.3 is 14.8 Å². The van der Waals surface area contributed by atoms with Gasteiger partial charge in [0.25, 0.3) is 0 Å². The summed E-state index contributed by atoms with van der Waals surface area (Å²) in [5.41, 5.74) is 0.897. The molecule has 0 aliphatic rings. The maximum atomic E-state index is 12.2. The molecule has 1 amide bonds. The molecule has 0 atom stereocenters. The molecule has 3 aromatic rings. The minimum Gasteiger partial charge on any atom is -0.494 e. The smallest absolute Gasteiger partial charge is 0.221 e. The summed E-state index contributed by atoms with van der Waals surface area (Å²) in [6.45, 7) is 3.80. The lowest BCUT2D eigenvalue weighted by atomic mass is 10.2. The van der Waals surface area contributed by atoms with Gasteiger partial charge in [-0.05, 0) is 61.6 Å². The largest absolute Gasteiger partial charge is 0.494 e. The summed E-state index contributed by atoms with van der Waals surface area (Å²) in [5.74, 6) is 2.16. The normalized spacial score (nSPS) is 10.6. The predicted molar refractivity (Wildman–Crippen MR) is 121 cm³/mol. The van der Waals surface area contributed by atoms with Crippen molar-refractivity contribution in [3.63, 3.8) is 0 Å². The van der Waals surface area contributed by atoms with Gasteiger partial charge in [-0.15, -0.1) is 0 Å². The van der Waals surface area contributed by atoms with Crippen LogP contribution in [-0.4, -0.2) is 40.4 Å². The Kier molecular flexibility index (Phi) is 8.04. The van der Waals surface area contributed by atoms with Crippen LogP contribution in [0.2, 0.25) is 0 Å². The quantitative estimate of drug-likeness (QED) is 0.326. The predicted octanol–water partition coefficient (Wildman–Crippen LogP) is 4.35. The summed E-state index contributed by atoms with van der Waals surface area (Å²) < 4.78 is 14.3. The first-order valence-electron chi connectivity index (χ1n) is 9.60. The number of carbonyl (C=O) groups excluding carboxylic acids is 1. The van der Waals surface area contributed by atoms with Gasteiger partial charge in [0.1, 0.15) is 18.1 Å². The Morgan fingerprint density at radius 3 is 2.73 bits per heavy atom. The Labute approximate surface area is 188 Å². The van der Waals surface area contributed by atoms with Crippen molar-refractivity contribution in [3.8, 4) is 22.9 Å². The zero-order chi connectivity index (χ0) is 21.3. The number of rotatable bonds is 10. The first-order valence-corrected chi connectivity index (χ1v) is 10.8. The summed E-state index contributed by atoms with van der Waals surface area (Å²) in [4.78, 5) is 12.2. The number of aromatic nitrogens is 3. The maximum absolute atomic E-state index is 12.2. The number of carbonyl (C=O) groups is 1. The molecular formula is C21H23BrN4O3S. The number of ether oxygens (including phenoxy) is 2. The van der Waals surface area contributed by atoms with Crippen molar-refractivity contribution in [3.05, 3.63) is 57.8 Å². The fraction of sp³-hybridized carbons (Fsp3) is 0.286. The molecule has 0 radical (unpaired) electrons. The van der Waals surface area contributed by atoms with Crippen LogP contribution in [0.1, 0.15) is 13.3 Å². The summed E-state index contributed by atoms with van der Waals surface area (Å²) in [6, 6.07) is 15.2. The summed E-state index contributed by atoms with van der Waals surface area (Å²) >= 11 is 8.73. The molecule has 0 bridgehead atoms. The van der Waals surface area contributed by atoms with E-state index in [1.807, 2.05) is 60.0 Å². The lowest BCUT2D eigenvalue weighted by molar-refractivity contribution is -0.121. The van der Waals surface area contributed by atoms with Crippen molar-refractivity contribution in [2.75, 3.05) is 19.8 Å². The van der Waals surface area contributed by atoms with E-state index in [4.69, 9.17) is 21.7 Å². The molecule has 0 saturated heterocycles. The highest BCUT2D eigenvalue weighted by Crippen LogP contribution is 2.21. The molecule has 7 nitrogen and oxygen atoms in total. The molecule has 1 aromatic heterocycles. The molecule has 158 valence electrons. The van der Waals surface area contributed by atoms with Crippen molar-refractivity contribution < 1.29 is 14.3 Å². The number of H-pyrrole nitrogens is 1. The van der Waals surface area contributed by atoms with E-state index in [0.717, 1.165) is 21.5 Å². The van der Waals surface area contributed by atoms with Gasteiger partial charge in [0.2, 0.25) is 5.91 Å². The summed E-state index contributed by atoms with van der Waals surface area (Å²) in [7, 11) is 0. The van der Waals surface area contributed by atoms with Crippen LogP contribution < -0.4 is 14.8 Å². The monoisotopic (exact) mass is 490 g/mol. The topological polar surface area (TPSA) is 81.2 Å². The summed E-state index contributed by atoms with van der Waals surface area (Å²) in [5, 5.41) is 9.97. The van der Waals surface area contributed by atoms with E-state index >= 15 is 0 Å². The second kappa shape index (κ2) is 10.9. The molecule has 9 heteroatoms. The van der Waals surface area contributed by atoms with E-state index in [1.54, 1.807) is 0 Å². The molecule has 3 rings (SSSR count). The van der Waals surface area contributed by atoms with Gasteiger partial charge in [-0.3, -0.25) is 14.5 Å². The van der Waals surface area contributed by atoms with Crippen molar-refractivity contribution >= 4 is 34.1 Å². The van der Waals surface area contributed by atoms with Crippen LogP contribution in [0.15, 0.2) is 53.0 Å². The zero-order valence-electron chi connectivity index (χ0n) is 16.6. The molecule has 2 aromatic carbocycles. The number of hydrogen-bond acceptors (Lipinski definition) is 5. The third kappa shape index (κ3) is 6.17. The first kappa shape index (κ1) is 22.0. The van der Waals surface area contributed by atoms with Crippen LogP contribution in [0.4, 0.5) is 0 Å². The molecule has 0 unspecified atom stereocenters. The lowest BCUT2D eigenvalue weighted by Crippen LogP contribution is -2.28. The van der Waals surface area contributed by atoms with E-state index < -0.39 is 0 Å². The third-order valence-corrected chi connectivity index (χ3v) is 5.04. The van der Waals surface area contributed by atoms with Crippen LogP contribution in [-0.2, 0) is 11.3 Å². The minimum atomic E-state index is -0.0754. The SMILES string of the molecule is CCOc1ccc(-c2n[nH]c(=S)n2CCC(=O)NCCOc2cccc(Br)c2)cc1. The van der Waals surface area contributed by atoms with E-state index in [-0.39, 0.29) is 12.3 Å². The number of nitrogens with zero attached hydrogens (tertiary/aromatic N) is 2. The van der Waals surface area contributed by atoms with Gasteiger partial charge in [0.15, 0.2) is 10.6 Å².